The molecule has 6 nitrogen and oxygen atoms in total. The molecule has 0 saturated heterocycles. The summed E-state index contributed by atoms with van der Waals surface area (Å²) < 4.78 is 0. The van der Waals surface area contributed by atoms with Gasteiger partial charge in [-0.05, 0) is 19.4 Å². The Balaban J connectivity index is 2.58. The van der Waals surface area contributed by atoms with Crippen molar-refractivity contribution in [2.75, 3.05) is 11.5 Å². The highest BCUT2D eigenvalue weighted by molar-refractivity contribution is 8.00. The molecule has 0 spiro atoms. The molecule has 0 bridgehead atoms. The molecule has 1 amide bonds. The molecule has 23 heavy (non-hydrogen) atoms. The first-order chi connectivity index (χ1) is 11.0. The Morgan fingerprint density at radius 2 is 2.09 bits per heavy atom. The molecule has 0 aliphatic rings. The lowest BCUT2D eigenvalue weighted by atomic mass is 10.1. The minimum Gasteiger partial charge on any atom is -0.383 e. The van der Waals surface area contributed by atoms with Crippen LogP contribution in [0.15, 0.2) is 11.1 Å². The van der Waals surface area contributed by atoms with E-state index in [2.05, 4.69) is 17.2 Å². The van der Waals surface area contributed by atoms with Gasteiger partial charge >= 0.3 is 0 Å². The summed E-state index contributed by atoms with van der Waals surface area (Å²) in [6.45, 7) is 4.12. The van der Waals surface area contributed by atoms with Crippen LogP contribution in [0.4, 0.5) is 5.82 Å². The van der Waals surface area contributed by atoms with Gasteiger partial charge in [0.05, 0.1) is 16.9 Å². The summed E-state index contributed by atoms with van der Waals surface area (Å²) in [5.74, 6) is 0.125. The molecule has 1 atom stereocenters. The zero-order chi connectivity index (χ0) is 17.2. The molecule has 3 N–H and O–H groups in total. The van der Waals surface area contributed by atoms with Crippen LogP contribution in [-0.2, 0) is 4.79 Å². The molecule has 0 radical (unpaired) electrons. The monoisotopic (exact) mass is 331 g/mol. The molecular formula is C16H21N5OS. The van der Waals surface area contributed by atoms with Gasteiger partial charge < -0.3 is 11.1 Å². The maximum atomic E-state index is 11.9. The Morgan fingerprint density at radius 1 is 1.39 bits per heavy atom. The van der Waals surface area contributed by atoms with E-state index < -0.39 is 0 Å². The van der Waals surface area contributed by atoms with E-state index in [0.29, 0.717) is 5.03 Å². The molecule has 1 aromatic rings. The third kappa shape index (κ3) is 6.17. The Bertz CT molecular complexity index is 633. The van der Waals surface area contributed by atoms with Crippen LogP contribution in [0, 0.1) is 22.7 Å². The van der Waals surface area contributed by atoms with Gasteiger partial charge in [-0.1, -0.05) is 37.9 Å². The number of pyridine rings is 1. The zero-order valence-electron chi connectivity index (χ0n) is 13.4. The molecule has 7 heteroatoms. The Kier molecular flexibility index (Phi) is 7.93. The van der Waals surface area contributed by atoms with Gasteiger partial charge in [0, 0.05) is 6.04 Å². The highest BCUT2D eigenvalue weighted by atomic mass is 32.2. The SMILES string of the molecule is CCCCC[C@@H](C)NC(=O)CSc1nc(N)c(C#N)cc1C#N. The number of nitriles is 2. The van der Waals surface area contributed by atoms with Crippen molar-refractivity contribution in [1.82, 2.24) is 10.3 Å². The molecule has 122 valence electrons. The summed E-state index contributed by atoms with van der Waals surface area (Å²) >= 11 is 1.15. The van der Waals surface area contributed by atoms with Crippen molar-refractivity contribution < 1.29 is 4.79 Å². The van der Waals surface area contributed by atoms with Gasteiger partial charge in [0.2, 0.25) is 5.91 Å². The number of unbranched alkanes of at least 4 members (excludes halogenated alkanes) is 2. The average molecular weight is 331 g/mol. The van der Waals surface area contributed by atoms with Crippen molar-refractivity contribution >= 4 is 23.5 Å². The third-order valence-corrected chi connectivity index (χ3v) is 4.24. The van der Waals surface area contributed by atoms with Gasteiger partial charge in [-0.2, -0.15) is 10.5 Å². The molecule has 1 heterocycles. The maximum absolute atomic E-state index is 11.9. The Labute approximate surface area is 141 Å². The van der Waals surface area contributed by atoms with Gasteiger partial charge in [-0.3, -0.25) is 4.79 Å². The largest absolute Gasteiger partial charge is 0.383 e. The van der Waals surface area contributed by atoms with Crippen LogP contribution in [0.5, 0.6) is 0 Å². The third-order valence-electron chi connectivity index (χ3n) is 3.25. The zero-order valence-corrected chi connectivity index (χ0v) is 14.2. The number of aromatic nitrogens is 1. The smallest absolute Gasteiger partial charge is 0.230 e. The standard InChI is InChI=1S/C16H21N5OS/c1-3-4-5-6-11(2)20-14(22)10-23-16-13(9-18)7-12(8-17)15(19)21-16/h7,11H,3-6,10H2,1-2H3,(H2,19,21)(H,20,22)/t11-/m1/s1. The number of carbonyl (C=O) groups is 1. The normalized spacial score (nSPS) is 11.3. The lowest BCUT2D eigenvalue weighted by Gasteiger charge is -2.13. The molecule has 0 unspecified atom stereocenters. The van der Waals surface area contributed by atoms with Crippen LogP contribution in [0.3, 0.4) is 0 Å². The van der Waals surface area contributed by atoms with E-state index in [0.717, 1.165) is 37.4 Å². The number of thioether (sulfide) groups is 1. The van der Waals surface area contributed by atoms with Crippen LogP contribution in [0.25, 0.3) is 0 Å². The summed E-state index contributed by atoms with van der Waals surface area (Å²) in [5.41, 5.74) is 6.07. The van der Waals surface area contributed by atoms with Crippen molar-refractivity contribution in [3.8, 4) is 12.1 Å². The first kappa shape index (κ1) is 18.8. The van der Waals surface area contributed by atoms with Crippen LogP contribution in [-0.4, -0.2) is 22.7 Å². The van der Waals surface area contributed by atoms with Gasteiger partial charge in [-0.15, -0.1) is 0 Å². The van der Waals surface area contributed by atoms with Crippen molar-refractivity contribution in [2.24, 2.45) is 0 Å². The number of nitrogens with two attached hydrogens (primary N) is 1. The van der Waals surface area contributed by atoms with Crippen LogP contribution in [0.1, 0.15) is 50.7 Å². The Morgan fingerprint density at radius 3 is 2.70 bits per heavy atom. The summed E-state index contributed by atoms with van der Waals surface area (Å²) in [6.07, 6.45) is 4.36. The van der Waals surface area contributed by atoms with E-state index in [1.165, 1.54) is 6.07 Å². The topological polar surface area (TPSA) is 116 Å². The summed E-state index contributed by atoms with van der Waals surface area (Å²) in [7, 11) is 0. The van der Waals surface area contributed by atoms with Gasteiger partial charge in [0.1, 0.15) is 23.0 Å². The van der Waals surface area contributed by atoms with Crippen molar-refractivity contribution in [3.05, 3.63) is 17.2 Å². The second-order valence-corrected chi connectivity index (χ2v) is 6.21. The van der Waals surface area contributed by atoms with E-state index in [1.807, 2.05) is 19.1 Å². The predicted molar refractivity (Wildman–Crippen MR) is 90.6 cm³/mol. The van der Waals surface area contributed by atoms with E-state index in [-0.39, 0.29) is 34.6 Å². The summed E-state index contributed by atoms with van der Waals surface area (Å²) in [4.78, 5) is 16.0. The predicted octanol–water partition coefficient (Wildman–Crippen LogP) is 2.58. The molecule has 1 aromatic heterocycles. The maximum Gasteiger partial charge on any atom is 0.230 e. The minimum atomic E-state index is -0.104. The second kappa shape index (κ2) is 9.70. The number of hydrogen-bond donors (Lipinski definition) is 2. The fraction of sp³-hybridized carbons (Fsp3) is 0.500. The lowest BCUT2D eigenvalue weighted by Crippen LogP contribution is -2.33. The van der Waals surface area contributed by atoms with Gasteiger partial charge in [0.25, 0.3) is 0 Å². The summed E-state index contributed by atoms with van der Waals surface area (Å²) in [6, 6.07) is 5.39. The highest BCUT2D eigenvalue weighted by Gasteiger charge is 2.13. The number of amides is 1. The number of rotatable bonds is 8. The van der Waals surface area contributed by atoms with E-state index >= 15 is 0 Å². The number of nitrogens with zero attached hydrogens (tertiary/aromatic N) is 3. The summed E-state index contributed by atoms with van der Waals surface area (Å²) in [5, 5.41) is 21.3. The lowest BCUT2D eigenvalue weighted by molar-refractivity contribution is -0.119. The van der Waals surface area contributed by atoms with Gasteiger partial charge in [-0.25, -0.2) is 4.98 Å². The van der Waals surface area contributed by atoms with Gasteiger partial charge in [0.15, 0.2) is 0 Å². The fourth-order valence-electron chi connectivity index (χ4n) is 2.01. The molecule has 0 saturated carbocycles. The average Bonchev–Trinajstić information content (AvgIpc) is 2.53. The fourth-order valence-corrected chi connectivity index (χ4v) is 2.79. The van der Waals surface area contributed by atoms with Crippen LogP contribution in [0.2, 0.25) is 0 Å². The van der Waals surface area contributed by atoms with Crippen LogP contribution >= 0.6 is 11.8 Å². The van der Waals surface area contributed by atoms with E-state index in [9.17, 15) is 4.79 Å². The van der Waals surface area contributed by atoms with Crippen LogP contribution < -0.4 is 11.1 Å². The molecule has 0 aliphatic heterocycles. The highest BCUT2D eigenvalue weighted by Crippen LogP contribution is 2.23. The number of carbonyl (C=O) groups excluding carboxylic acids is 1. The quantitative estimate of drug-likeness (QED) is 0.558. The van der Waals surface area contributed by atoms with E-state index in [4.69, 9.17) is 16.3 Å². The van der Waals surface area contributed by atoms with Crippen molar-refractivity contribution in [3.63, 3.8) is 0 Å². The second-order valence-electron chi connectivity index (χ2n) is 5.25. The van der Waals surface area contributed by atoms with Crippen molar-refractivity contribution in [1.29, 1.82) is 10.5 Å². The first-order valence-electron chi connectivity index (χ1n) is 7.54. The molecular weight excluding hydrogens is 310 g/mol. The number of nitrogen functional groups attached to an aromatic ring is 1. The molecule has 0 aliphatic carbocycles. The molecule has 0 aromatic carbocycles. The molecule has 1 rings (SSSR count). The number of hydrogen-bond acceptors (Lipinski definition) is 6. The first-order valence-corrected chi connectivity index (χ1v) is 8.53. The number of nitrogens with one attached hydrogen (secondary N) is 1. The minimum absolute atomic E-state index is 0.0716. The van der Waals surface area contributed by atoms with Crippen molar-refractivity contribution in [2.45, 2.75) is 50.6 Å². The Hall–Kier alpha value is -2.25. The number of anilines is 1. The van der Waals surface area contributed by atoms with E-state index in [1.54, 1.807) is 0 Å². The molecule has 0 fully saturated rings.